The smallest absolute Gasteiger partial charge is 0.138 e. The van der Waals surface area contributed by atoms with Gasteiger partial charge in [-0.3, -0.25) is 0 Å². The summed E-state index contributed by atoms with van der Waals surface area (Å²) >= 11 is 0. The fourth-order valence-corrected chi connectivity index (χ4v) is 2.94. The first-order valence-electron chi connectivity index (χ1n) is 9.11. The molecule has 0 aliphatic carbocycles. The number of nitrogens with one attached hydrogen (secondary N) is 2. The van der Waals surface area contributed by atoms with E-state index in [-0.39, 0.29) is 0 Å². The quantitative estimate of drug-likeness (QED) is 0.424. The Kier molecular flexibility index (Phi) is 5.40. The number of aromatic amines is 2. The second kappa shape index (κ2) is 8.64. The van der Waals surface area contributed by atoms with Gasteiger partial charge in [-0.25, -0.2) is 9.97 Å². The third-order valence-electron chi connectivity index (χ3n) is 4.27. The zero-order valence-electron chi connectivity index (χ0n) is 15.3. The highest BCUT2D eigenvalue weighted by atomic mass is 14.9. The Hall–Kier alpha value is -3.92. The largest absolute Gasteiger partial charge is 0.351 e. The topological polar surface area (TPSA) is 57.4 Å². The van der Waals surface area contributed by atoms with Gasteiger partial charge in [0.25, 0.3) is 0 Å². The molecule has 0 spiro atoms. The molecule has 0 atom stereocenters. The second-order valence-corrected chi connectivity index (χ2v) is 6.17. The monoisotopic (exact) mass is 364 g/mol. The lowest BCUT2D eigenvalue weighted by atomic mass is 10.1. The SMILES string of the molecule is c1c[nH]cn1.c1ccc(-c2nc(-c3ccccc3)c(-c3ccccc3)[nH]2)cc1. The van der Waals surface area contributed by atoms with E-state index in [0.717, 1.165) is 33.9 Å². The number of imidazole rings is 2. The Balaban J connectivity index is 0.000000336. The minimum absolute atomic E-state index is 0.892. The van der Waals surface area contributed by atoms with E-state index in [0.29, 0.717) is 0 Å². The van der Waals surface area contributed by atoms with Crippen LogP contribution < -0.4 is 0 Å². The van der Waals surface area contributed by atoms with E-state index in [2.05, 4.69) is 51.4 Å². The molecule has 5 aromatic rings. The van der Waals surface area contributed by atoms with Crippen LogP contribution >= 0.6 is 0 Å². The lowest BCUT2D eigenvalue weighted by Crippen LogP contribution is -1.82. The Morgan fingerprint density at radius 3 is 1.68 bits per heavy atom. The highest BCUT2D eigenvalue weighted by Crippen LogP contribution is 2.32. The zero-order valence-corrected chi connectivity index (χ0v) is 15.3. The predicted octanol–water partition coefficient (Wildman–Crippen LogP) is 5.82. The maximum Gasteiger partial charge on any atom is 0.138 e. The molecule has 0 radical (unpaired) electrons. The van der Waals surface area contributed by atoms with Crippen molar-refractivity contribution in [2.75, 3.05) is 0 Å². The number of rotatable bonds is 3. The van der Waals surface area contributed by atoms with Crippen LogP contribution in [0, 0.1) is 0 Å². The summed E-state index contributed by atoms with van der Waals surface area (Å²) in [7, 11) is 0. The fraction of sp³-hybridized carbons (Fsp3) is 0. The average molecular weight is 364 g/mol. The molecule has 0 saturated heterocycles. The van der Waals surface area contributed by atoms with E-state index in [1.54, 1.807) is 18.7 Å². The normalized spacial score (nSPS) is 10.1. The van der Waals surface area contributed by atoms with Crippen molar-refractivity contribution in [3.8, 4) is 33.9 Å². The summed E-state index contributed by atoms with van der Waals surface area (Å²) in [5, 5.41) is 0. The van der Waals surface area contributed by atoms with Crippen molar-refractivity contribution >= 4 is 0 Å². The van der Waals surface area contributed by atoms with E-state index in [4.69, 9.17) is 4.98 Å². The van der Waals surface area contributed by atoms with Crippen LogP contribution in [-0.4, -0.2) is 19.9 Å². The Bertz CT molecular complexity index is 1010. The van der Waals surface area contributed by atoms with Gasteiger partial charge >= 0.3 is 0 Å². The molecule has 0 bridgehead atoms. The fourth-order valence-electron chi connectivity index (χ4n) is 2.94. The minimum atomic E-state index is 0.892. The molecule has 4 nitrogen and oxygen atoms in total. The maximum atomic E-state index is 4.87. The van der Waals surface area contributed by atoms with Gasteiger partial charge in [0.2, 0.25) is 0 Å². The third kappa shape index (κ3) is 4.07. The second-order valence-electron chi connectivity index (χ2n) is 6.17. The van der Waals surface area contributed by atoms with Crippen LogP contribution in [0.5, 0.6) is 0 Å². The van der Waals surface area contributed by atoms with Crippen LogP contribution in [0.15, 0.2) is 110 Å². The minimum Gasteiger partial charge on any atom is -0.351 e. The number of H-pyrrole nitrogens is 2. The van der Waals surface area contributed by atoms with Gasteiger partial charge in [0.05, 0.1) is 17.7 Å². The van der Waals surface area contributed by atoms with Crippen LogP contribution in [0.2, 0.25) is 0 Å². The van der Waals surface area contributed by atoms with Gasteiger partial charge in [-0.15, -0.1) is 0 Å². The van der Waals surface area contributed by atoms with Crippen molar-refractivity contribution in [2.45, 2.75) is 0 Å². The predicted molar refractivity (Wildman–Crippen MR) is 113 cm³/mol. The number of hydrogen-bond donors (Lipinski definition) is 2. The van der Waals surface area contributed by atoms with E-state index in [9.17, 15) is 0 Å². The van der Waals surface area contributed by atoms with Gasteiger partial charge in [0.15, 0.2) is 0 Å². The summed E-state index contributed by atoms with van der Waals surface area (Å²) in [6.45, 7) is 0. The number of benzene rings is 3. The van der Waals surface area contributed by atoms with Crippen LogP contribution in [0.1, 0.15) is 0 Å². The summed E-state index contributed by atoms with van der Waals surface area (Å²) in [6.07, 6.45) is 5.08. The van der Waals surface area contributed by atoms with Crippen LogP contribution in [0.25, 0.3) is 33.9 Å². The molecule has 0 aliphatic rings. The number of hydrogen-bond acceptors (Lipinski definition) is 2. The van der Waals surface area contributed by atoms with E-state index < -0.39 is 0 Å². The van der Waals surface area contributed by atoms with Crippen molar-refractivity contribution in [1.82, 2.24) is 19.9 Å². The Morgan fingerprint density at radius 2 is 1.18 bits per heavy atom. The molecule has 4 heteroatoms. The third-order valence-corrected chi connectivity index (χ3v) is 4.27. The van der Waals surface area contributed by atoms with Gasteiger partial charge in [0.1, 0.15) is 5.82 Å². The molecule has 2 heterocycles. The molecule has 0 aliphatic heterocycles. The van der Waals surface area contributed by atoms with Crippen LogP contribution in [-0.2, 0) is 0 Å². The first kappa shape index (κ1) is 17.5. The van der Waals surface area contributed by atoms with Crippen LogP contribution in [0.4, 0.5) is 0 Å². The van der Waals surface area contributed by atoms with Gasteiger partial charge in [-0.2, -0.15) is 0 Å². The lowest BCUT2D eigenvalue weighted by molar-refractivity contribution is 1.31. The Labute approximate surface area is 164 Å². The van der Waals surface area contributed by atoms with Crippen LogP contribution in [0.3, 0.4) is 0 Å². The molecule has 0 unspecified atom stereocenters. The van der Waals surface area contributed by atoms with Gasteiger partial charge in [0, 0.05) is 29.1 Å². The van der Waals surface area contributed by atoms with Gasteiger partial charge in [-0.05, 0) is 0 Å². The van der Waals surface area contributed by atoms with Crippen molar-refractivity contribution in [3.05, 3.63) is 110 Å². The molecule has 28 heavy (non-hydrogen) atoms. The molecule has 2 N–H and O–H groups in total. The molecular formula is C24H20N4. The van der Waals surface area contributed by atoms with Gasteiger partial charge < -0.3 is 9.97 Å². The summed E-state index contributed by atoms with van der Waals surface area (Å²) in [5.41, 5.74) is 5.38. The van der Waals surface area contributed by atoms with Crippen molar-refractivity contribution in [2.24, 2.45) is 0 Å². The van der Waals surface area contributed by atoms with Gasteiger partial charge in [-0.1, -0.05) is 91.0 Å². The number of aromatic nitrogens is 4. The standard InChI is InChI=1S/C21H16N2.C3H4N2/c1-4-10-16(11-5-1)19-20(17-12-6-2-7-13-17)23-21(22-19)18-14-8-3-9-15-18;1-2-5-3-4-1/h1-15H,(H,22,23);1-3H,(H,4,5). The molecular weight excluding hydrogens is 344 g/mol. The summed E-state index contributed by atoms with van der Waals surface area (Å²) in [6, 6.07) is 30.9. The van der Waals surface area contributed by atoms with Crippen molar-refractivity contribution < 1.29 is 0 Å². The number of nitrogens with zero attached hydrogens (tertiary/aromatic N) is 2. The Morgan fingerprint density at radius 1 is 0.607 bits per heavy atom. The highest BCUT2D eigenvalue weighted by molar-refractivity contribution is 5.81. The molecule has 3 aromatic carbocycles. The molecule has 2 aromatic heterocycles. The van der Waals surface area contributed by atoms with Crippen molar-refractivity contribution in [1.29, 1.82) is 0 Å². The highest BCUT2D eigenvalue weighted by Gasteiger charge is 2.14. The molecule has 0 amide bonds. The lowest BCUT2D eigenvalue weighted by Gasteiger charge is -2.02. The zero-order chi connectivity index (χ0) is 19.0. The average Bonchev–Trinajstić information content (AvgIpc) is 3.49. The molecule has 5 rings (SSSR count). The van der Waals surface area contributed by atoms with E-state index in [1.807, 2.05) is 54.6 Å². The first-order chi connectivity index (χ1) is 13.9. The summed E-state index contributed by atoms with van der Waals surface area (Å²) < 4.78 is 0. The summed E-state index contributed by atoms with van der Waals surface area (Å²) in [4.78, 5) is 14.8. The molecule has 136 valence electrons. The summed E-state index contributed by atoms with van der Waals surface area (Å²) in [5.74, 6) is 0.892. The van der Waals surface area contributed by atoms with E-state index >= 15 is 0 Å². The maximum absolute atomic E-state index is 4.87. The molecule has 0 fully saturated rings. The van der Waals surface area contributed by atoms with E-state index in [1.165, 1.54) is 0 Å². The van der Waals surface area contributed by atoms with Crippen molar-refractivity contribution in [3.63, 3.8) is 0 Å². The molecule has 0 saturated carbocycles. The first-order valence-corrected chi connectivity index (χ1v) is 9.11.